The molecule has 0 saturated carbocycles. The minimum Gasteiger partial charge on any atom is -0.480 e. The average Bonchev–Trinajstić information content (AvgIpc) is 2.31. The zero-order valence-electron chi connectivity index (χ0n) is 11.4. The second kappa shape index (κ2) is 5.42. The van der Waals surface area contributed by atoms with E-state index < -0.39 is 11.6 Å². The third-order valence-corrected chi connectivity index (χ3v) is 3.39. The maximum absolute atomic E-state index is 12.3. The van der Waals surface area contributed by atoms with Crippen LogP contribution in [0.1, 0.15) is 22.8 Å². The van der Waals surface area contributed by atoms with Crippen LogP contribution in [0.4, 0.5) is 0 Å². The molecule has 2 rings (SSSR count). The molecule has 0 spiro atoms. The molecule has 0 unspecified atom stereocenters. The number of rotatable bonds is 4. The number of carbonyl (C=O) groups is 2. The van der Waals surface area contributed by atoms with Gasteiger partial charge in [-0.25, -0.2) is 4.79 Å². The highest BCUT2D eigenvalue weighted by Gasteiger charge is 2.43. The van der Waals surface area contributed by atoms with Gasteiger partial charge in [-0.2, -0.15) is 0 Å². The van der Waals surface area contributed by atoms with Crippen molar-refractivity contribution in [1.82, 2.24) is 4.90 Å². The first-order valence-corrected chi connectivity index (χ1v) is 6.59. The average molecular weight is 298 g/mol. The molecule has 1 aliphatic heterocycles. The fourth-order valence-electron chi connectivity index (χ4n) is 2.27. The van der Waals surface area contributed by atoms with Crippen molar-refractivity contribution in [3.8, 4) is 0 Å². The van der Waals surface area contributed by atoms with Crippen LogP contribution in [0.3, 0.4) is 0 Å². The Morgan fingerprint density at radius 2 is 2.05 bits per heavy atom. The van der Waals surface area contributed by atoms with E-state index in [9.17, 15) is 9.59 Å². The van der Waals surface area contributed by atoms with E-state index in [-0.39, 0.29) is 12.5 Å². The fourth-order valence-corrected chi connectivity index (χ4v) is 2.56. The van der Waals surface area contributed by atoms with Crippen LogP contribution in [0.25, 0.3) is 0 Å². The standard InChI is InChI=1S/C14H16ClNO4/c1-9-3-10(5-11(15)4-9)13(19)16-7-14(2,8-16)20-6-12(17)18/h3-5H,6-8H2,1-2H3,(H,17,18). The van der Waals surface area contributed by atoms with E-state index in [0.717, 1.165) is 5.56 Å². The summed E-state index contributed by atoms with van der Waals surface area (Å²) in [4.78, 5) is 24.3. The van der Waals surface area contributed by atoms with Crippen LogP contribution in [0.2, 0.25) is 5.02 Å². The number of halogens is 1. The van der Waals surface area contributed by atoms with Crippen LogP contribution in [-0.2, 0) is 9.53 Å². The van der Waals surface area contributed by atoms with Crippen LogP contribution >= 0.6 is 11.6 Å². The van der Waals surface area contributed by atoms with E-state index in [1.807, 2.05) is 6.92 Å². The summed E-state index contributed by atoms with van der Waals surface area (Å²) in [5.74, 6) is -1.13. The number of benzene rings is 1. The Bertz CT molecular complexity index is 532. The zero-order valence-corrected chi connectivity index (χ0v) is 12.1. The normalized spacial score (nSPS) is 16.6. The van der Waals surface area contributed by atoms with Gasteiger partial charge in [0.25, 0.3) is 5.91 Å². The van der Waals surface area contributed by atoms with E-state index in [1.54, 1.807) is 30.0 Å². The van der Waals surface area contributed by atoms with E-state index in [2.05, 4.69) is 0 Å². The van der Waals surface area contributed by atoms with Crippen molar-refractivity contribution in [2.75, 3.05) is 19.7 Å². The summed E-state index contributed by atoms with van der Waals surface area (Å²) in [6.45, 7) is 4.08. The van der Waals surface area contributed by atoms with Gasteiger partial charge in [-0.1, -0.05) is 11.6 Å². The Morgan fingerprint density at radius 3 is 2.60 bits per heavy atom. The molecule has 1 heterocycles. The predicted octanol–water partition coefficient (Wildman–Crippen LogP) is 1.96. The van der Waals surface area contributed by atoms with Gasteiger partial charge in [0.1, 0.15) is 12.2 Å². The molecule has 1 fully saturated rings. The molecule has 0 radical (unpaired) electrons. The van der Waals surface area contributed by atoms with Crippen LogP contribution in [0.5, 0.6) is 0 Å². The van der Waals surface area contributed by atoms with E-state index in [1.165, 1.54) is 0 Å². The van der Waals surface area contributed by atoms with Crippen molar-refractivity contribution >= 4 is 23.5 Å². The van der Waals surface area contributed by atoms with Gasteiger partial charge in [0.2, 0.25) is 0 Å². The fraction of sp³-hybridized carbons (Fsp3) is 0.429. The van der Waals surface area contributed by atoms with Crippen LogP contribution in [0, 0.1) is 6.92 Å². The molecule has 1 amide bonds. The van der Waals surface area contributed by atoms with Crippen molar-refractivity contribution in [2.45, 2.75) is 19.4 Å². The number of carboxylic acid groups (broad SMARTS) is 1. The maximum atomic E-state index is 12.3. The lowest BCUT2D eigenvalue weighted by Gasteiger charge is -2.47. The minimum atomic E-state index is -1.01. The third kappa shape index (κ3) is 3.29. The van der Waals surface area contributed by atoms with Gasteiger partial charge < -0.3 is 14.7 Å². The number of amides is 1. The Balaban J connectivity index is 1.98. The first-order valence-electron chi connectivity index (χ1n) is 6.21. The number of aliphatic carboxylic acids is 1. The third-order valence-electron chi connectivity index (χ3n) is 3.17. The molecule has 0 bridgehead atoms. The van der Waals surface area contributed by atoms with Gasteiger partial charge in [0.15, 0.2) is 0 Å². The summed E-state index contributed by atoms with van der Waals surface area (Å²) in [5, 5.41) is 9.12. The van der Waals surface area contributed by atoms with Crippen molar-refractivity contribution in [2.24, 2.45) is 0 Å². The molecular formula is C14H16ClNO4. The smallest absolute Gasteiger partial charge is 0.329 e. The highest BCUT2D eigenvalue weighted by atomic mass is 35.5. The van der Waals surface area contributed by atoms with E-state index in [4.69, 9.17) is 21.4 Å². The highest BCUT2D eigenvalue weighted by Crippen LogP contribution is 2.27. The summed E-state index contributed by atoms with van der Waals surface area (Å²) in [6.07, 6.45) is 0. The quantitative estimate of drug-likeness (QED) is 0.922. The van der Waals surface area contributed by atoms with Gasteiger partial charge in [0.05, 0.1) is 13.1 Å². The molecule has 5 nitrogen and oxygen atoms in total. The lowest BCUT2D eigenvalue weighted by molar-refractivity contribution is -0.159. The van der Waals surface area contributed by atoms with Gasteiger partial charge in [-0.3, -0.25) is 4.79 Å². The zero-order chi connectivity index (χ0) is 14.9. The van der Waals surface area contributed by atoms with Crippen molar-refractivity contribution in [3.63, 3.8) is 0 Å². The summed E-state index contributed by atoms with van der Waals surface area (Å²) < 4.78 is 5.27. The maximum Gasteiger partial charge on any atom is 0.329 e. The molecule has 20 heavy (non-hydrogen) atoms. The van der Waals surface area contributed by atoms with Gasteiger partial charge in [-0.15, -0.1) is 0 Å². The van der Waals surface area contributed by atoms with E-state index in [0.29, 0.717) is 23.7 Å². The predicted molar refractivity (Wildman–Crippen MR) is 74.1 cm³/mol. The first-order chi connectivity index (χ1) is 9.29. The molecule has 0 atom stereocenters. The molecule has 1 aliphatic rings. The molecule has 108 valence electrons. The largest absolute Gasteiger partial charge is 0.480 e. The van der Waals surface area contributed by atoms with Gasteiger partial charge in [0, 0.05) is 10.6 Å². The Morgan fingerprint density at radius 1 is 1.40 bits per heavy atom. The SMILES string of the molecule is Cc1cc(Cl)cc(C(=O)N2CC(C)(OCC(=O)O)C2)c1. The monoisotopic (exact) mass is 297 g/mol. The summed E-state index contributed by atoms with van der Waals surface area (Å²) in [7, 11) is 0. The number of hydrogen-bond acceptors (Lipinski definition) is 3. The number of carboxylic acids is 1. The summed E-state index contributed by atoms with van der Waals surface area (Å²) in [6, 6.07) is 5.20. The van der Waals surface area contributed by atoms with Gasteiger partial charge >= 0.3 is 5.97 Å². The number of ether oxygens (including phenoxy) is 1. The Hall–Kier alpha value is -1.59. The second-order valence-corrected chi connectivity index (χ2v) is 5.75. The molecule has 0 aliphatic carbocycles. The number of likely N-dealkylation sites (tertiary alicyclic amines) is 1. The Kier molecular flexibility index (Phi) is 4.01. The Labute approximate surface area is 122 Å². The minimum absolute atomic E-state index is 0.119. The van der Waals surface area contributed by atoms with Gasteiger partial charge in [-0.05, 0) is 37.6 Å². The van der Waals surface area contributed by atoms with Crippen LogP contribution in [0.15, 0.2) is 18.2 Å². The molecule has 1 aromatic rings. The number of nitrogens with zero attached hydrogens (tertiary/aromatic N) is 1. The topological polar surface area (TPSA) is 66.8 Å². The lowest BCUT2D eigenvalue weighted by atomic mass is 9.95. The molecule has 1 N–H and O–H groups in total. The molecule has 1 aromatic carbocycles. The lowest BCUT2D eigenvalue weighted by Crippen LogP contribution is -2.63. The highest BCUT2D eigenvalue weighted by molar-refractivity contribution is 6.31. The summed E-state index contributed by atoms with van der Waals surface area (Å²) >= 11 is 5.94. The van der Waals surface area contributed by atoms with Crippen molar-refractivity contribution in [1.29, 1.82) is 0 Å². The van der Waals surface area contributed by atoms with Crippen molar-refractivity contribution < 1.29 is 19.4 Å². The molecule has 6 heteroatoms. The van der Waals surface area contributed by atoms with E-state index >= 15 is 0 Å². The number of aryl methyl sites for hydroxylation is 1. The summed E-state index contributed by atoms with van der Waals surface area (Å²) in [5.41, 5.74) is 0.878. The molecule has 0 aromatic heterocycles. The molecule has 1 saturated heterocycles. The molecular weight excluding hydrogens is 282 g/mol. The first kappa shape index (κ1) is 14.8. The van der Waals surface area contributed by atoms with Crippen LogP contribution in [-0.4, -0.2) is 47.2 Å². The second-order valence-electron chi connectivity index (χ2n) is 5.31. The van der Waals surface area contributed by atoms with Crippen LogP contribution < -0.4 is 0 Å². The number of carbonyl (C=O) groups excluding carboxylic acids is 1. The van der Waals surface area contributed by atoms with Crippen molar-refractivity contribution in [3.05, 3.63) is 34.3 Å². The number of hydrogen-bond donors (Lipinski definition) is 1.